The fourth-order valence-electron chi connectivity index (χ4n) is 1.69. The highest BCUT2D eigenvalue weighted by Gasteiger charge is 2.06. The Morgan fingerprint density at radius 3 is 2.11 bits per heavy atom. The molecule has 0 aliphatic carbocycles. The van der Waals surface area contributed by atoms with Gasteiger partial charge in [-0.25, -0.2) is 9.97 Å². The lowest BCUT2D eigenvalue weighted by Gasteiger charge is -2.04. The number of azo groups is 1. The van der Waals surface area contributed by atoms with Crippen LogP contribution >= 0.6 is 0 Å². The minimum absolute atomic E-state index is 0.760. The summed E-state index contributed by atoms with van der Waals surface area (Å²) in [5, 5.41) is 8.45. The van der Waals surface area contributed by atoms with Crippen molar-refractivity contribution in [3.8, 4) is 0 Å². The molecule has 1 heterocycles. The molecule has 4 nitrogen and oxygen atoms in total. The minimum Gasteiger partial charge on any atom is -0.236 e. The van der Waals surface area contributed by atoms with Gasteiger partial charge in [-0.1, -0.05) is 25.1 Å². The predicted octanol–water partition coefficient (Wildman–Crippen LogP) is 4.07. The van der Waals surface area contributed by atoms with Gasteiger partial charge in [0.05, 0.1) is 17.1 Å². The molecule has 0 bridgehead atoms. The topological polar surface area (TPSA) is 50.5 Å². The second kappa shape index (κ2) is 5.49. The summed E-state index contributed by atoms with van der Waals surface area (Å²) in [6, 6.07) is 9.65. The molecule has 0 atom stereocenters. The lowest BCUT2D eigenvalue weighted by atomic mass is 10.3. The maximum Gasteiger partial charge on any atom is 0.128 e. The highest BCUT2D eigenvalue weighted by atomic mass is 15.1. The molecule has 18 heavy (non-hydrogen) atoms. The Kier molecular flexibility index (Phi) is 3.77. The maximum atomic E-state index is 4.40. The van der Waals surface area contributed by atoms with Crippen LogP contribution in [0.3, 0.4) is 0 Å². The van der Waals surface area contributed by atoms with E-state index in [1.807, 2.05) is 51.1 Å². The van der Waals surface area contributed by atoms with Gasteiger partial charge in [0.15, 0.2) is 0 Å². The summed E-state index contributed by atoms with van der Waals surface area (Å²) < 4.78 is 0. The normalized spacial score (nSPS) is 11.1. The Morgan fingerprint density at radius 1 is 0.944 bits per heavy atom. The highest BCUT2D eigenvalue weighted by Crippen LogP contribution is 2.23. The van der Waals surface area contributed by atoms with Crippen LogP contribution in [-0.2, 0) is 6.42 Å². The predicted molar refractivity (Wildman–Crippen MR) is 71.5 cm³/mol. The summed E-state index contributed by atoms with van der Waals surface area (Å²) in [5.41, 5.74) is 3.34. The van der Waals surface area contributed by atoms with E-state index in [1.54, 1.807) is 0 Å². The molecule has 92 valence electrons. The van der Waals surface area contributed by atoms with E-state index >= 15 is 0 Å². The Balaban J connectivity index is 2.32. The van der Waals surface area contributed by atoms with Gasteiger partial charge in [0, 0.05) is 6.42 Å². The summed E-state index contributed by atoms with van der Waals surface area (Å²) >= 11 is 0. The first-order chi connectivity index (χ1) is 8.70. The van der Waals surface area contributed by atoms with Gasteiger partial charge in [0.25, 0.3) is 0 Å². The van der Waals surface area contributed by atoms with Gasteiger partial charge in [-0.15, -0.1) is 5.11 Å². The molecule has 0 N–H and O–H groups in total. The molecule has 0 amide bonds. The van der Waals surface area contributed by atoms with Crippen molar-refractivity contribution < 1.29 is 0 Å². The third-order valence-corrected chi connectivity index (χ3v) is 2.62. The van der Waals surface area contributed by atoms with Crippen molar-refractivity contribution >= 4 is 11.4 Å². The molecular weight excluding hydrogens is 224 g/mol. The smallest absolute Gasteiger partial charge is 0.128 e. The Bertz CT molecular complexity index is 538. The first-order valence-electron chi connectivity index (χ1n) is 6.01. The fourth-order valence-corrected chi connectivity index (χ4v) is 1.69. The van der Waals surface area contributed by atoms with E-state index in [2.05, 4.69) is 20.2 Å². The summed E-state index contributed by atoms with van der Waals surface area (Å²) in [6.45, 7) is 5.92. The second-order valence-electron chi connectivity index (χ2n) is 4.05. The quantitative estimate of drug-likeness (QED) is 0.759. The zero-order valence-corrected chi connectivity index (χ0v) is 10.9. The van der Waals surface area contributed by atoms with Crippen LogP contribution in [-0.4, -0.2) is 9.97 Å². The Morgan fingerprint density at radius 2 is 1.56 bits per heavy atom. The molecule has 2 aromatic rings. The van der Waals surface area contributed by atoms with Crippen molar-refractivity contribution in [1.82, 2.24) is 9.97 Å². The number of aryl methyl sites for hydroxylation is 3. The zero-order chi connectivity index (χ0) is 13.0. The van der Waals surface area contributed by atoms with Crippen molar-refractivity contribution in [2.75, 3.05) is 0 Å². The highest BCUT2D eigenvalue weighted by molar-refractivity contribution is 5.46. The Hall–Kier alpha value is -2.10. The van der Waals surface area contributed by atoms with E-state index in [4.69, 9.17) is 0 Å². The zero-order valence-electron chi connectivity index (χ0n) is 10.9. The minimum atomic E-state index is 0.760. The molecule has 2 rings (SSSR count). The summed E-state index contributed by atoms with van der Waals surface area (Å²) in [5.74, 6) is 0.851. The summed E-state index contributed by atoms with van der Waals surface area (Å²) in [4.78, 5) is 8.80. The number of rotatable bonds is 3. The third-order valence-electron chi connectivity index (χ3n) is 2.62. The lowest BCUT2D eigenvalue weighted by Crippen LogP contribution is -1.98. The molecule has 0 fully saturated rings. The van der Waals surface area contributed by atoms with Gasteiger partial charge in [0.1, 0.15) is 11.5 Å². The summed E-state index contributed by atoms with van der Waals surface area (Å²) in [7, 11) is 0. The molecule has 0 radical (unpaired) electrons. The van der Waals surface area contributed by atoms with Crippen molar-refractivity contribution in [2.24, 2.45) is 10.2 Å². The molecule has 0 saturated carbocycles. The van der Waals surface area contributed by atoms with Gasteiger partial charge < -0.3 is 0 Å². The van der Waals surface area contributed by atoms with Gasteiger partial charge in [-0.2, -0.15) is 5.11 Å². The monoisotopic (exact) mass is 240 g/mol. The number of aromatic nitrogens is 2. The van der Waals surface area contributed by atoms with Gasteiger partial charge in [-0.05, 0) is 26.0 Å². The number of hydrogen-bond acceptors (Lipinski definition) is 4. The average molecular weight is 240 g/mol. The lowest BCUT2D eigenvalue weighted by molar-refractivity contribution is 0.891. The van der Waals surface area contributed by atoms with E-state index < -0.39 is 0 Å². The van der Waals surface area contributed by atoms with Crippen molar-refractivity contribution in [2.45, 2.75) is 27.2 Å². The van der Waals surface area contributed by atoms with Crippen LogP contribution in [0.4, 0.5) is 11.4 Å². The van der Waals surface area contributed by atoms with E-state index in [0.717, 1.165) is 35.0 Å². The molecule has 0 spiro atoms. The van der Waals surface area contributed by atoms with Crippen molar-refractivity contribution in [1.29, 1.82) is 0 Å². The molecule has 0 aliphatic rings. The van der Waals surface area contributed by atoms with Crippen LogP contribution in [0.1, 0.15) is 24.1 Å². The summed E-state index contributed by atoms with van der Waals surface area (Å²) in [6.07, 6.45) is 0.831. The van der Waals surface area contributed by atoms with Crippen LogP contribution in [0.15, 0.2) is 40.6 Å². The van der Waals surface area contributed by atoms with Crippen LogP contribution in [0, 0.1) is 13.8 Å². The van der Waals surface area contributed by atoms with Gasteiger partial charge in [0.2, 0.25) is 0 Å². The van der Waals surface area contributed by atoms with Crippen molar-refractivity contribution in [3.05, 3.63) is 47.5 Å². The van der Waals surface area contributed by atoms with Gasteiger partial charge >= 0.3 is 0 Å². The Labute approximate surface area is 107 Å². The molecule has 1 aromatic carbocycles. The number of benzene rings is 1. The van der Waals surface area contributed by atoms with Crippen LogP contribution in [0.5, 0.6) is 0 Å². The standard InChI is InChI=1S/C14H16N4/c1-4-13-15-10(2)14(11(3)16-13)18-17-12-8-6-5-7-9-12/h5-9H,4H2,1-3H3. The molecular formula is C14H16N4. The van der Waals surface area contributed by atoms with Crippen LogP contribution in [0.2, 0.25) is 0 Å². The molecule has 0 saturated heterocycles. The van der Waals surface area contributed by atoms with E-state index in [1.165, 1.54) is 0 Å². The number of hydrogen-bond donors (Lipinski definition) is 0. The number of nitrogens with zero attached hydrogens (tertiary/aromatic N) is 4. The first kappa shape index (κ1) is 12.4. The fraction of sp³-hybridized carbons (Fsp3) is 0.286. The van der Waals surface area contributed by atoms with Gasteiger partial charge in [-0.3, -0.25) is 0 Å². The van der Waals surface area contributed by atoms with E-state index in [-0.39, 0.29) is 0 Å². The third kappa shape index (κ3) is 2.77. The molecule has 0 aliphatic heterocycles. The first-order valence-corrected chi connectivity index (χ1v) is 6.01. The second-order valence-corrected chi connectivity index (χ2v) is 4.05. The largest absolute Gasteiger partial charge is 0.236 e. The average Bonchev–Trinajstić information content (AvgIpc) is 2.38. The van der Waals surface area contributed by atoms with E-state index in [9.17, 15) is 0 Å². The molecule has 1 aromatic heterocycles. The van der Waals surface area contributed by atoms with Crippen LogP contribution < -0.4 is 0 Å². The molecule has 0 unspecified atom stereocenters. The SMILES string of the molecule is CCc1nc(C)c(N=Nc2ccccc2)c(C)n1. The van der Waals surface area contributed by atoms with E-state index in [0.29, 0.717) is 0 Å². The maximum absolute atomic E-state index is 4.40. The van der Waals surface area contributed by atoms with Crippen molar-refractivity contribution in [3.63, 3.8) is 0 Å². The van der Waals surface area contributed by atoms with Crippen LogP contribution in [0.25, 0.3) is 0 Å². The molecule has 4 heteroatoms.